The second kappa shape index (κ2) is 6.44. The van der Waals surface area contributed by atoms with E-state index in [4.69, 9.17) is 0 Å². The third-order valence-electron chi connectivity index (χ3n) is 5.15. The van der Waals surface area contributed by atoms with Crippen LogP contribution in [0.4, 0.5) is 4.39 Å². The molecule has 0 bridgehead atoms. The highest BCUT2D eigenvalue weighted by Gasteiger charge is 2.30. The van der Waals surface area contributed by atoms with Crippen LogP contribution in [0.5, 0.6) is 0 Å². The van der Waals surface area contributed by atoms with Crippen LogP contribution in [0.15, 0.2) is 53.3 Å². The molecule has 2 aromatic carbocycles. The van der Waals surface area contributed by atoms with Crippen molar-refractivity contribution in [1.82, 2.24) is 14.0 Å². The van der Waals surface area contributed by atoms with Gasteiger partial charge in [0.25, 0.3) is 0 Å². The van der Waals surface area contributed by atoms with Crippen molar-refractivity contribution in [3.8, 4) is 0 Å². The third-order valence-corrected chi connectivity index (χ3v) is 5.15. The Morgan fingerprint density at radius 2 is 1.92 bits per heavy atom. The lowest BCUT2D eigenvalue weighted by Crippen LogP contribution is -2.36. The van der Waals surface area contributed by atoms with E-state index in [9.17, 15) is 14.0 Å². The predicted molar refractivity (Wildman–Crippen MR) is 97.3 cm³/mol. The second-order valence-corrected chi connectivity index (χ2v) is 6.72. The minimum Gasteiger partial charge on any atom is -0.334 e. The zero-order valence-electron chi connectivity index (χ0n) is 14.6. The molecule has 1 atom stereocenters. The number of aryl methyl sites for hydroxylation is 1. The van der Waals surface area contributed by atoms with Crippen molar-refractivity contribution in [2.45, 2.75) is 25.4 Å². The monoisotopic (exact) mass is 353 g/mol. The van der Waals surface area contributed by atoms with Crippen LogP contribution in [0.1, 0.15) is 24.4 Å². The van der Waals surface area contributed by atoms with Gasteiger partial charge in [-0.3, -0.25) is 13.9 Å². The van der Waals surface area contributed by atoms with Crippen LogP contribution < -0.4 is 5.69 Å². The number of carbonyl (C=O) groups is 1. The first-order valence-electron chi connectivity index (χ1n) is 8.75. The van der Waals surface area contributed by atoms with Gasteiger partial charge in [-0.15, -0.1) is 0 Å². The van der Waals surface area contributed by atoms with E-state index in [0.717, 1.165) is 29.4 Å². The topological polar surface area (TPSA) is 47.2 Å². The number of para-hydroxylation sites is 2. The van der Waals surface area contributed by atoms with Crippen molar-refractivity contribution in [1.29, 1.82) is 0 Å². The van der Waals surface area contributed by atoms with Gasteiger partial charge in [0.2, 0.25) is 5.91 Å². The molecule has 0 radical (unpaired) electrons. The number of halogens is 1. The molecule has 6 heteroatoms. The zero-order chi connectivity index (χ0) is 18.3. The summed E-state index contributed by atoms with van der Waals surface area (Å²) in [4.78, 5) is 27.3. The van der Waals surface area contributed by atoms with E-state index < -0.39 is 0 Å². The lowest BCUT2D eigenvalue weighted by molar-refractivity contribution is -0.132. The number of hydrogen-bond acceptors (Lipinski definition) is 2. The number of aromatic nitrogens is 2. The number of carbonyl (C=O) groups excluding carboxylic acids is 1. The first-order valence-corrected chi connectivity index (χ1v) is 8.75. The summed E-state index contributed by atoms with van der Waals surface area (Å²) >= 11 is 0. The molecule has 3 aromatic rings. The molecule has 26 heavy (non-hydrogen) atoms. The van der Waals surface area contributed by atoms with Gasteiger partial charge >= 0.3 is 5.69 Å². The average Bonchev–Trinajstić information content (AvgIpc) is 3.22. The molecule has 1 aliphatic heterocycles. The second-order valence-electron chi connectivity index (χ2n) is 6.72. The molecule has 5 nitrogen and oxygen atoms in total. The number of nitrogens with zero attached hydrogens (tertiary/aromatic N) is 3. The van der Waals surface area contributed by atoms with Crippen molar-refractivity contribution in [3.05, 3.63) is 70.4 Å². The molecule has 1 saturated heterocycles. The minimum atomic E-state index is -0.299. The van der Waals surface area contributed by atoms with Crippen molar-refractivity contribution >= 4 is 16.9 Å². The molecule has 1 aliphatic rings. The van der Waals surface area contributed by atoms with Crippen LogP contribution in [-0.4, -0.2) is 26.5 Å². The Balaban J connectivity index is 1.64. The van der Waals surface area contributed by atoms with Crippen LogP contribution in [0.2, 0.25) is 0 Å². The smallest absolute Gasteiger partial charge is 0.329 e. The van der Waals surface area contributed by atoms with Gasteiger partial charge in [0.1, 0.15) is 12.4 Å². The summed E-state index contributed by atoms with van der Waals surface area (Å²) in [5.74, 6) is -0.415. The van der Waals surface area contributed by atoms with Gasteiger partial charge in [-0.1, -0.05) is 24.3 Å². The van der Waals surface area contributed by atoms with Gasteiger partial charge in [0.15, 0.2) is 0 Å². The minimum absolute atomic E-state index is 0.00793. The van der Waals surface area contributed by atoms with Crippen molar-refractivity contribution < 1.29 is 9.18 Å². The maximum Gasteiger partial charge on any atom is 0.329 e. The van der Waals surface area contributed by atoms with Gasteiger partial charge in [-0.05, 0) is 42.7 Å². The molecule has 0 aliphatic carbocycles. The molecule has 4 rings (SSSR count). The lowest BCUT2D eigenvalue weighted by Gasteiger charge is -2.25. The fraction of sp³-hybridized carbons (Fsp3) is 0.300. The zero-order valence-corrected chi connectivity index (χ0v) is 14.6. The summed E-state index contributed by atoms with van der Waals surface area (Å²) in [5.41, 5.74) is 2.14. The summed E-state index contributed by atoms with van der Waals surface area (Å²) in [6.45, 7) is 0.617. The van der Waals surface area contributed by atoms with E-state index in [-0.39, 0.29) is 30.0 Å². The average molecular weight is 353 g/mol. The van der Waals surface area contributed by atoms with Crippen LogP contribution in [0.3, 0.4) is 0 Å². The fourth-order valence-electron chi connectivity index (χ4n) is 3.87. The quantitative estimate of drug-likeness (QED) is 0.727. The Morgan fingerprint density at radius 3 is 2.69 bits per heavy atom. The summed E-state index contributed by atoms with van der Waals surface area (Å²) in [6, 6.07) is 13.7. The molecule has 1 amide bonds. The van der Waals surface area contributed by atoms with E-state index in [1.807, 2.05) is 30.3 Å². The van der Waals surface area contributed by atoms with Crippen molar-refractivity contribution in [2.75, 3.05) is 6.54 Å². The molecular formula is C20H20FN3O2. The molecule has 134 valence electrons. The molecule has 1 fully saturated rings. The van der Waals surface area contributed by atoms with Crippen LogP contribution in [-0.2, 0) is 18.4 Å². The molecule has 0 unspecified atom stereocenters. The maximum absolute atomic E-state index is 13.6. The summed E-state index contributed by atoms with van der Waals surface area (Å²) in [5, 5.41) is 0. The number of imidazole rings is 1. The molecule has 0 spiro atoms. The van der Waals surface area contributed by atoms with Crippen molar-refractivity contribution in [3.63, 3.8) is 0 Å². The highest BCUT2D eigenvalue weighted by atomic mass is 19.1. The number of amides is 1. The number of rotatable bonds is 3. The number of benzene rings is 2. The summed E-state index contributed by atoms with van der Waals surface area (Å²) < 4.78 is 16.6. The Morgan fingerprint density at radius 1 is 1.15 bits per heavy atom. The largest absolute Gasteiger partial charge is 0.334 e. The molecule has 0 N–H and O–H groups in total. The molecule has 0 saturated carbocycles. The Kier molecular flexibility index (Phi) is 4.11. The molecular weight excluding hydrogens is 333 g/mol. The normalized spacial score (nSPS) is 17.2. The van der Waals surface area contributed by atoms with E-state index >= 15 is 0 Å². The third kappa shape index (κ3) is 2.71. The van der Waals surface area contributed by atoms with Gasteiger partial charge in [-0.2, -0.15) is 0 Å². The van der Waals surface area contributed by atoms with Crippen molar-refractivity contribution in [2.24, 2.45) is 7.05 Å². The van der Waals surface area contributed by atoms with E-state index in [1.54, 1.807) is 22.6 Å². The van der Waals surface area contributed by atoms with E-state index in [0.29, 0.717) is 6.54 Å². The summed E-state index contributed by atoms with van der Waals surface area (Å²) in [7, 11) is 1.71. The highest BCUT2D eigenvalue weighted by molar-refractivity contribution is 5.81. The van der Waals surface area contributed by atoms with Gasteiger partial charge in [-0.25, -0.2) is 9.18 Å². The van der Waals surface area contributed by atoms with E-state index in [1.165, 1.54) is 16.7 Å². The lowest BCUT2D eigenvalue weighted by atomic mass is 10.0. The number of hydrogen-bond donors (Lipinski definition) is 0. The van der Waals surface area contributed by atoms with Gasteiger partial charge in [0.05, 0.1) is 17.1 Å². The highest BCUT2D eigenvalue weighted by Crippen LogP contribution is 2.32. The Hall–Kier alpha value is -2.89. The van der Waals surface area contributed by atoms with Crippen LogP contribution >= 0.6 is 0 Å². The molecule has 1 aromatic heterocycles. The number of fused-ring (bicyclic) bond motifs is 1. The Labute approximate surface area is 150 Å². The predicted octanol–water partition coefficient (Wildman–Crippen LogP) is 2.84. The SMILES string of the molecule is Cn1c(=O)n(CC(=O)N2CCC[C@H]2c2cccc(F)c2)c2ccccc21. The van der Waals surface area contributed by atoms with Gasteiger partial charge in [0, 0.05) is 13.6 Å². The maximum atomic E-state index is 13.6. The fourth-order valence-corrected chi connectivity index (χ4v) is 3.87. The first-order chi connectivity index (χ1) is 12.6. The summed E-state index contributed by atoms with van der Waals surface area (Å²) in [6.07, 6.45) is 1.68. The molecule has 2 heterocycles. The first kappa shape index (κ1) is 16.6. The van der Waals surface area contributed by atoms with Gasteiger partial charge < -0.3 is 4.90 Å². The van der Waals surface area contributed by atoms with Crippen LogP contribution in [0.25, 0.3) is 11.0 Å². The Bertz CT molecular complexity index is 1040. The van der Waals surface area contributed by atoms with E-state index in [2.05, 4.69) is 0 Å². The number of likely N-dealkylation sites (tertiary alicyclic amines) is 1. The standard InChI is InChI=1S/C20H20FN3O2/c1-22-17-8-2-3-9-18(17)24(20(22)26)13-19(25)23-11-5-10-16(23)14-6-4-7-15(21)12-14/h2-4,6-9,12,16H,5,10-11,13H2,1H3/t16-/m0/s1. The van der Waals surface area contributed by atoms with Crippen LogP contribution in [0, 0.1) is 5.82 Å².